The molecule has 5 heteroatoms. The minimum Gasteiger partial charge on any atom is -0.481 e. The number of likely N-dealkylation sites (tertiary alicyclic amines) is 1. The summed E-state index contributed by atoms with van der Waals surface area (Å²) in [5, 5.41) is 8.44. The van der Waals surface area contributed by atoms with E-state index < -0.39 is 5.97 Å². The molecular formula is C12H19NO4. The molecule has 0 aliphatic carbocycles. The van der Waals surface area contributed by atoms with E-state index in [0.29, 0.717) is 19.4 Å². The highest BCUT2D eigenvalue weighted by atomic mass is 16.4. The lowest BCUT2D eigenvalue weighted by atomic mass is 10.1. The van der Waals surface area contributed by atoms with Gasteiger partial charge >= 0.3 is 5.97 Å². The Hall–Kier alpha value is -1.39. The number of imide groups is 1. The number of unbranched alkanes of at least 4 members (excludes halogenated alkanes) is 3. The number of carboxylic acid groups (broad SMARTS) is 1. The third-order valence-corrected chi connectivity index (χ3v) is 2.99. The van der Waals surface area contributed by atoms with Gasteiger partial charge in [-0.05, 0) is 12.8 Å². The fourth-order valence-corrected chi connectivity index (χ4v) is 1.98. The van der Waals surface area contributed by atoms with Crippen molar-refractivity contribution in [3.63, 3.8) is 0 Å². The van der Waals surface area contributed by atoms with Crippen LogP contribution >= 0.6 is 0 Å². The summed E-state index contributed by atoms with van der Waals surface area (Å²) < 4.78 is 0. The van der Waals surface area contributed by atoms with E-state index in [9.17, 15) is 14.4 Å². The number of hydrogen-bond acceptors (Lipinski definition) is 3. The second kappa shape index (κ2) is 6.37. The van der Waals surface area contributed by atoms with E-state index in [4.69, 9.17) is 5.11 Å². The highest BCUT2D eigenvalue weighted by Gasteiger charge is 2.34. The smallest absolute Gasteiger partial charge is 0.303 e. The molecule has 1 atom stereocenters. The molecule has 0 spiro atoms. The van der Waals surface area contributed by atoms with Gasteiger partial charge in [0.25, 0.3) is 0 Å². The second-order valence-electron chi connectivity index (χ2n) is 4.55. The van der Waals surface area contributed by atoms with E-state index in [1.54, 1.807) is 6.92 Å². The summed E-state index contributed by atoms with van der Waals surface area (Å²) in [4.78, 5) is 34.6. The Labute approximate surface area is 101 Å². The van der Waals surface area contributed by atoms with E-state index in [0.717, 1.165) is 19.3 Å². The molecule has 96 valence electrons. The van der Waals surface area contributed by atoms with Crippen molar-refractivity contribution in [1.29, 1.82) is 0 Å². The quantitative estimate of drug-likeness (QED) is 0.540. The highest BCUT2D eigenvalue weighted by molar-refractivity contribution is 6.03. The summed E-state index contributed by atoms with van der Waals surface area (Å²) in [7, 11) is 0. The summed E-state index contributed by atoms with van der Waals surface area (Å²) in [6, 6.07) is 0. The van der Waals surface area contributed by atoms with Crippen LogP contribution in [0.25, 0.3) is 0 Å². The van der Waals surface area contributed by atoms with Crippen LogP contribution < -0.4 is 0 Å². The molecule has 1 rings (SSSR count). The Morgan fingerprint density at radius 3 is 2.47 bits per heavy atom. The molecule has 17 heavy (non-hydrogen) atoms. The zero-order chi connectivity index (χ0) is 12.8. The van der Waals surface area contributed by atoms with Gasteiger partial charge in [0.05, 0.1) is 0 Å². The number of carboxylic acids is 1. The molecule has 0 aromatic carbocycles. The lowest BCUT2D eigenvalue weighted by Crippen LogP contribution is -2.31. The first-order valence-corrected chi connectivity index (χ1v) is 6.08. The van der Waals surface area contributed by atoms with E-state index >= 15 is 0 Å². The van der Waals surface area contributed by atoms with Gasteiger partial charge in [0.2, 0.25) is 11.8 Å². The van der Waals surface area contributed by atoms with Crippen molar-refractivity contribution >= 4 is 17.8 Å². The Morgan fingerprint density at radius 2 is 1.94 bits per heavy atom. The molecule has 0 saturated carbocycles. The second-order valence-corrected chi connectivity index (χ2v) is 4.55. The summed E-state index contributed by atoms with van der Waals surface area (Å²) in [5.74, 6) is -1.09. The molecule has 2 amide bonds. The Kier molecular flexibility index (Phi) is 5.12. The predicted molar refractivity (Wildman–Crippen MR) is 61.2 cm³/mol. The summed E-state index contributed by atoms with van der Waals surface area (Å²) in [6.07, 6.45) is 3.64. The number of aliphatic carboxylic acids is 1. The maximum atomic E-state index is 11.6. The molecule has 1 N–H and O–H groups in total. The third kappa shape index (κ3) is 4.17. The standard InChI is InChI=1S/C12H19NO4/c1-9-8-10(14)13(12(9)17)7-5-3-2-4-6-11(15)16/h9H,2-8H2,1H3,(H,15,16). The van der Waals surface area contributed by atoms with Crippen LogP contribution in [0.5, 0.6) is 0 Å². The van der Waals surface area contributed by atoms with Crippen molar-refractivity contribution in [1.82, 2.24) is 4.90 Å². The number of nitrogens with zero attached hydrogens (tertiary/aromatic N) is 1. The van der Waals surface area contributed by atoms with Crippen molar-refractivity contribution in [2.24, 2.45) is 5.92 Å². The summed E-state index contributed by atoms with van der Waals surface area (Å²) in [6.45, 7) is 2.25. The maximum Gasteiger partial charge on any atom is 0.303 e. The van der Waals surface area contributed by atoms with Gasteiger partial charge in [0.15, 0.2) is 0 Å². The monoisotopic (exact) mass is 241 g/mol. The fourth-order valence-electron chi connectivity index (χ4n) is 1.98. The highest BCUT2D eigenvalue weighted by Crippen LogP contribution is 2.19. The molecule has 1 unspecified atom stereocenters. The van der Waals surface area contributed by atoms with Gasteiger partial charge in [-0.2, -0.15) is 0 Å². The van der Waals surface area contributed by atoms with Crippen molar-refractivity contribution in [3.05, 3.63) is 0 Å². The first kappa shape index (κ1) is 13.7. The van der Waals surface area contributed by atoms with Crippen molar-refractivity contribution in [3.8, 4) is 0 Å². The SMILES string of the molecule is CC1CC(=O)N(CCCCCCC(=O)O)C1=O. The topological polar surface area (TPSA) is 74.7 Å². The molecule has 0 bridgehead atoms. The van der Waals surface area contributed by atoms with Crippen LogP contribution in [-0.2, 0) is 14.4 Å². The molecule has 0 radical (unpaired) electrons. The van der Waals surface area contributed by atoms with E-state index in [1.165, 1.54) is 4.90 Å². The fraction of sp³-hybridized carbons (Fsp3) is 0.750. The van der Waals surface area contributed by atoms with E-state index in [2.05, 4.69) is 0 Å². The van der Waals surface area contributed by atoms with Crippen LogP contribution in [0, 0.1) is 5.92 Å². The third-order valence-electron chi connectivity index (χ3n) is 2.99. The first-order valence-electron chi connectivity index (χ1n) is 6.08. The van der Waals surface area contributed by atoms with Gasteiger partial charge in [-0.15, -0.1) is 0 Å². The van der Waals surface area contributed by atoms with Crippen LogP contribution in [-0.4, -0.2) is 34.3 Å². The molecule has 0 aromatic heterocycles. The minimum absolute atomic E-state index is 0.0689. The molecular weight excluding hydrogens is 222 g/mol. The number of carbonyl (C=O) groups is 3. The number of hydrogen-bond donors (Lipinski definition) is 1. The van der Waals surface area contributed by atoms with Crippen molar-refractivity contribution < 1.29 is 19.5 Å². The zero-order valence-electron chi connectivity index (χ0n) is 10.1. The average molecular weight is 241 g/mol. The minimum atomic E-state index is -0.774. The molecule has 1 heterocycles. The number of amides is 2. The summed E-state index contributed by atoms with van der Waals surface area (Å²) >= 11 is 0. The summed E-state index contributed by atoms with van der Waals surface area (Å²) in [5.41, 5.74) is 0. The van der Waals surface area contributed by atoms with Crippen LogP contribution in [0.15, 0.2) is 0 Å². The van der Waals surface area contributed by atoms with Gasteiger partial charge < -0.3 is 5.11 Å². The van der Waals surface area contributed by atoms with Gasteiger partial charge in [0, 0.05) is 25.3 Å². The molecule has 1 aliphatic rings. The van der Waals surface area contributed by atoms with Crippen molar-refractivity contribution in [2.75, 3.05) is 6.54 Å². The molecule has 1 saturated heterocycles. The van der Waals surface area contributed by atoms with Crippen molar-refractivity contribution in [2.45, 2.75) is 45.4 Å². The van der Waals surface area contributed by atoms with Gasteiger partial charge in [-0.3, -0.25) is 19.3 Å². The largest absolute Gasteiger partial charge is 0.481 e. The van der Waals surface area contributed by atoms with Gasteiger partial charge in [-0.25, -0.2) is 0 Å². The number of rotatable bonds is 7. The normalized spacial score (nSPS) is 20.1. The molecule has 0 aromatic rings. The van der Waals surface area contributed by atoms with Crippen LogP contribution in [0.4, 0.5) is 0 Å². The molecule has 5 nitrogen and oxygen atoms in total. The van der Waals surface area contributed by atoms with Crippen LogP contribution in [0.3, 0.4) is 0 Å². The molecule has 1 aliphatic heterocycles. The Morgan fingerprint density at radius 1 is 1.29 bits per heavy atom. The van der Waals surface area contributed by atoms with Gasteiger partial charge in [-0.1, -0.05) is 19.8 Å². The lowest BCUT2D eigenvalue weighted by Gasteiger charge is -2.13. The zero-order valence-corrected chi connectivity index (χ0v) is 10.1. The van der Waals surface area contributed by atoms with Crippen LogP contribution in [0.2, 0.25) is 0 Å². The first-order chi connectivity index (χ1) is 8.02. The average Bonchev–Trinajstić information content (AvgIpc) is 2.48. The van der Waals surface area contributed by atoms with E-state index in [-0.39, 0.29) is 24.2 Å². The molecule has 1 fully saturated rings. The Balaban J connectivity index is 2.12. The lowest BCUT2D eigenvalue weighted by molar-refractivity contribution is -0.139. The van der Waals surface area contributed by atoms with E-state index in [1.807, 2.05) is 0 Å². The van der Waals surface area contributed by atoms with Gasteiger partial charge in [0.1, 0.15) is 0 Å². The number of carbonyl (C=O) groups excluding carboxylic acids is 2. The Bertz CT molecular complexity index is 314. The maximum absolute atomic E-state index is 11.6. The predicted octanol–water partition coefficient (Wildman–Crippen LogP) is 1.42. The van der Waals surface area contributed by atoms with Crippen LogP contribution in [0.1, 0.15) is 45.4 Å².